The van der Waals surface area contributed by atoms with Gasteiger partial charge in [-0.15, -0.1) is 0 Å². The summed E-state index contributed by atoms with van der Waals surface area (Å²) in [5.74, 6) is 0.958. The minimum absolute atomic E-state index is 0.183. The zero-order valence-electron chi connectivity index (χ0n) is 15.8. The van der Waals surface area contributed by atoms with Gasteiger partial charge < -0.3 is 0 Å². The van der Waals surface area contributed by atoms with E-state index in [0.717, 1.165) is 46.1 Å². The molecule has 4 rings (SSSR count). The van der Waals surface area contributed by atoms with Gasteiger partial charge >= 0.3 is 10.2 Å². The lowest BCUT2D eigenvalue weighted by atomic mass is 10.0. The third-order valence-electron chi connectivity index (χ3n) is 4.92. The van der Waals surface area contributed by atoms with Crippen LogP contribution in [0.3, 0.4) is 0 Å². The van der Waals surface area contributed by atoms with Gasteiger partial charge in [0.15, 0.2) is 0 Å². The molecule has 0 unspecified atom stereocenters. The van der Waals surface area contributed by atoms with Crippen LogP contribution >= 0.6 is 0 Å². The summed E-state index contributed by atoms with van der Waals surface area (Å²) in [7, 11) is -0.612. The van der Waals surface area contributed by atoms with Gasteiger partial charge in [-0.3, -0.25) is 9.52 Å². The van der Waals surface area contributed by atoms with Crippen LogP contribution in [0.4, 0.5) is 5.69 Å². The first kappa shape index (κ1) is 18.8. The molecule has 0 atom stereocenters. The first-order valence-electron chi connectivity index (χ1n) is 9.23. The van der Waals surface area contributed by atoms with Crippen LogP contribution in [0, 0.1) is 5.92 Å². The van der Waals surface area contributed by atoms with E-state index in [0.29, 0.717) is 11.5 Å². The molecule has 0 saturated heterocycles. The van der Waals surface area contributed by atoms with Crippen molar-refractivity contribution in [3.05, 3.63) is 47.4 Å². The number of aromatic nitrogens is 2. The Labute approximate surface area is 164 Å². The average molecular weight is 398 g/mol. The summed E-state index contributed by atoms with van der Waals surface area (Å²) in [5.41, 5.74) is 4.01. The number of carbonyl (C=O) groups is 1. The molecule has 2 aliphatic carbocycles. The highest BCUT2D eigenvalue weighted by Crippen LogP contribution is 2.32. The standard InChI is InChI=1S/C20H22N4O3S/c1-24(2)28(26,27)23-15-10-8-14(9-11-15)20-16-4-3-5-17(16)21-19(22-20)12-18(25)13-6-7-13/h3-4,8-11,13,23H,5-7,12H2,1-2H3. The van der Waals surface area contributed by atoms with Crippen LogP contribution in [-0.4, -0.2) is 42.6 Å². The third kappa shape index (κ3) is 3.83. The SMILES string of the molecule is CN(C)S(=O)(=O)Nc1ccc(-c2nc(CC(=O)C3CC3)nc3c2C=CC3)cc1. The van der Waals surface area contributed by atoms with E-state index < -0.39 is 10.2 Å². The first-order chi connectivity index (χ1) is 13.3. The maximum Gasteiger partial charge on any atom is 0.301 e. The van der Waals surface area contributed by atoms with Crippen LogP contribution in [0.5, 0.6) is 0 Å². The van der Waals surface area contributed by atoms with Crippen molar-refractivity contribution in [3.63, 3.8) is 0 Å². The van der Waals surface area contributed by atoms with Gasteiger partial charge in [0.2, 0.25) is 0 Å². The number of rotatable bonds is 7. The van der Waals surface area contributed by atoms with E-state index in [-0.39, 0.29) is 18.1 Å². The van der Waals surface area contributed by atoms with Gasteiger partial charge in [0.25, 0.3) is 0 Å². The molecule has 0 aliphatic heterocycles. The maximum absolute atomic E-state index is 12.2. The molecule has 1 saturated carbocycles. The molecule has 0 radical (unpaired) electrons. The maximum atomic E-state index is 12.2. The summed E-state index contributed by atoms with van der Waals surface area (Å²) in [6, 6.07) is 7.07. The van der Waals surface area contributed by atoms with Crippen molar-refractivity contribution in [2.45, 2.75) is 25.7 Å². The van der Waals surface area contributed by atoms with Gasteiger partial charge in [0.05, 0.1) is 17.8 Å². The quantitative estimate of drug-likeness (QED) is 0.773. The second kappa shape index (κ2) is 7.10. The van der Waals surface area contributed by atoms with E-state index in [9.17, 15) is 13.2 Å². The zero-order valence-corrected chi connectivity index (χ0v) is 16.7. The van der Waals surface area contributed by atoms with Gasteiger partial charge in [-0.1, -0.05) is 24.3 Å². The minimum atomic E-state index is -3.55. The Balaban J connectivity index is 1.63. The van der Waals surface area contributed by atoms with Crippen LogP contribution < -0.4 is 4.72 Å². The molecule has 2 aromatic rings. The van der Waals surface area contributed by atoms with Crippen molar-refractivity contribution in [1.82, 2.24) is 14.3 Å². The normalized spacial score (nSPS) is 15.7. The van der Waals surface area contributed by atoms with E-state index in [1.165, 1.54) is 14.1 Å². The van der Waals surface area contributed by atoms with Crippen molar-refractivity contribution in [1.29, 1.82) is 0 Å². The van der Waals surface area contributed by atoms with E-state index in [1.54, 1.807) is 12.1 Å². The molecule has 7 nitrogen and oxygen atoms in total. The number of hydrogen-bond acceptors (Lipinski definition) is 5. The molecule has 2 aliphatic rings. The van der Waals surface area contributed by atoms with E-state index in [1.807, 2.05) is 24.3 Å². The van der Waals surface area contributed by atoms with Crippen molar-refractivity contribution >= 4 is 27.8 Å². The molecule has 28 heavy (non-hydrogen) atoms. The fraction of sp³-hybridized carbons (Fsp3) is 0.350. The van der Waals surface area contributed by atoms with Gasteiger partial charge in [-0.25, -0.2) is 9.97 Å². The molecule has 0 amide bonds. The second-order valence-corrected chi connectivity index (χ2v) is 9.22. The monoisotopic (exact) mass is 398 g/mol. The van der Waals surface area contributed by atoms with Crippen LogP contribution in [0.15, 0.2) is 30.3 Å². The minimum Gasteiger partial charge on any atom is -0.299 e. The fourth-order valence-corrected chi connectivity index (χ4v) is 3.74. The number of allylic oxidation sites excluding steroid dienone is 1. The smallest absolute Gasteiger partial charge is 0.299 e. The highest BCUT2D eigenvalue weighted by atomic mass is 32.2. The summed E-state index contributed by atoms with van der Waals surface area (Å²) in [6.07, 6.45) is 6.99. The van der Waals surface area contributed by atoms with Crippen molar-refractivity contribution < 1.29 is 13.2 Å². The number of Topliss-reactive ketones (excluding diaryl/α,β-unsaturated/α-hetero) is 1. The van der Waals surface area contributed by atoms with Gasteiger partial charge in [0.1, 0.15) is 11.6 Å². The molecule has 1 N–H and O–H groups in total. The third-order valence-corrected chi connectivity index (χ3v) is 6.37. The number of hydrogen-bond donors (Lipinski definition) is 1. The highest BCUT2D eigenvalue weighted by molar-refractivity contribution is 7.90. The number of benzene rings is 1. The topological polar surface area (TPSA) is 92.3 Å². The number of anilines is 1. The zero-order chi connectivity index (χ0) is 19.9. The number of carbonyl (C=O) groups excluding carboxylic acids is 1. The van der Waals surface area contributed by atoms with E-state index >= 15 is 0 Å². The summed E-state index contributed by atoms with van der Waals surface area (Å²) < 4.78 is 27.6. The van der Waals surface area contributed by atoms with Gasteiger partial charge in [-0.05, 0) is 25.0 Å². The van der Waals surface area contributed by atoms with Crippen LogP contribution in [0.1, 0.15) is 29.9 Å². The van der Waals surface area contributed by atoms with E-state index in [2.05, 4.69) is 14.7 Å². The molecule has 8 heteroatoms. The molecular weight excluding hydrogens is 376 g/mol. The van der Waals surface area contributed by atoms with Crippen molar-refractivity contribution in [2.75, 3.05) is 18.8 Å². The Bertz CT molecular complexity index is 1060. The largest absolute Gasteiger partial charge is 0.301 e. The van der Waals surface area contributed by atoms with Crippen LogP contribution in [-0.2, 0) is 27.8 Å². The number of nitrogens with one attached hydrogen (secondary N) is 1. The lowest BCUT2D eigenvalue weighted by Gasteiger charge is -2.14. The van der Waals surface area contributed by atoms with Gasteiger partial charge in [-0.2, -0.15) is 12.7 Å². The predicted molar refractivity (Wildman–Crippen MR) is 108 cm³/mol. The van der Waals surface area contributed by atoms with Crippen LogP contribution in [0.25, 0.3) is 17.3 Å². The molecule has 146 valence electrons. The molecule has 1 fully saturated rings. The molecule has 0 bridgehead atoms. The summed E-state index contributed by atoms with van der Waals surface area (Å²) in [5, 5.41) is 0. The highest BCUT2D eigenvalue weighted by Gasteiger charge is 2.30. The predicted octanol–water partition coefficient (Wildman–Crippen LogP) is 2.45. The van der Waals surface area contributed by atoms with Gasteiger partial charge in [0, 0.05) is 43.2 Å². The molecular formula is C20H22N4O3S. The number of nitrogens with zero attached hydrogens (tertiary/aromatic N) is 3. The summed E-state index contributed by atoms with van der Waals surface area (Å²) in [6.45, 7) is 0. The van der Waals surface area contributed by atoms with E-state index in [4.69, 9.17) is 0 Å². The Kier molecular flexibility index (Phi) is 4.76. The number of ketones is 1. The van der Waals surface area contributed by atoms with Crippen LogP contribution in [0.2, 0.25) is 0 Å². The Morgan fingerprint density at radius 1 is 1.18 bits per heavy atom. The molecule has 1 aromatic carbocycles. The van der Waals surface area contributed by atoms with Crippen molar-refractivity contribution in [3.8, 4) is 11.3 Å². The molecule has 1 heterocycles. The second-order valence-electron chi connectivity index (χ2n) is 7.34. The Hall–Kier alpha value is -2.58. The first-order valence-corrected chi connectivity index (χ1v) is 10.7. The number of fused-ring (bicyclic) bond motifs is 1. The molecule has 1 aromatic heterocycles. The lowest BCUT2D eigenvalue weighted by molar-refractivity contribution is -0.119. The van der Waals surface area contributed by atoms with Crippen molar-refractivity contribution in [2.24, 2.45) is 5.92 Å². The summed E-state index contributed by atoms with van der Waals surface area (Å²) >= 11 is 0. The Morgan fingerprint density at radius 3 is 2.54 bits per heavy atom. The average Bonchev–Trinajstić information content (AvgIpc) is 3.40. The molecule has 0 spiro atoms. The summed E-state index contributed by atoms with van der Waals surface area (Å²) in [4.78, 5) is 21.4. The fourth-order valence-electron chi connectivity index (χ4n) is 3.13. The lowest BCUT2D eigenvalue weighted by Crippen LogP contribution is -2.28. The Morgan fingerprint density at radius 2 is 1.89 bits per heavy atom.